The van der Waals surface area contributed by atoms with Crippen LogP contribution in [0.4, 0.5) is 0 Å². The van der Waals surface area contributed by atoms with E-state index in [-0.39, 0.29) is 0 Å². The Labute approximate surface area is 87.3 Å². The second-order valence-corrected chi connectivity index (χ2v) is 4.46. The van der Waals surface area contributed by atoms with Gasteiger partial charge in [-0.15, -0.1) is 0 Å². The highest BCUT2D eigenvalue weighted by Gasteiger charge is 2.22. The number of benzene rings is 1. The monoisotopic (exact) mass is 206 g/mol. The zero-order valence-corrected chi connectivity index (χ0v) is 8.51. The topological polar surface area (TPSA) is 28.7 Å². The molecule has 1 N–H and O–H groups in total. The highest BCUT2D eigenvalue weighted by Crippen LogP contribution is 2.35. The molecule has 0 amide bonds. The molecule has 1 aromatic heterocycles. The van der Waals surface area contributed by atoms with E-state index in [1.165, 1.54) is 18.4 Å². The van der Waals surface area contributed by atoms with Crippen molar-refractivity contribution in [2.45, 2.75) is 19.3 Å². The third-order valence-corrected chi connectivity index (χ3v) is 3.16. The third-order valence-electron chi connectivity index (χ3n) is 2.81. The van der Waals surface area contributed by atoms with Gasteiger partial charge in [-0.25, -0.2) is 0 Å². The van der Waals surface area contributed by atoms with Crippen molar-refractivity contribution in [1.82, 2.24) is 10.2 Å². The highest BCUT2D eigenvalue weighted by molar-refractivity contribution is 6.32. The summed E-state index contributed by atoms with van der Waals surface area (Å²) in [4.78, 5) is 0. The average molecular weight is 207 g/mol. The first-order valence-electron chi connectivity index (χ1n) is 4.94. The molecule has 1 aliphatic rings. The van der Waals surface area contributed by atoms with Crippen molar-refractivity contribution >= 4 is 22.5 Å². The summed E-state index contributed by atoms with van der Waals surface area (Å²) in [6.07, 6.45) is 5.70. The molecule has 72 valence electrons. The standard InChI is InChI=1S/C11H11ClN2/c12-10-5-11-9(6-13-14-11)4-8(10)3-7-1-2-7/h4-7H,1-3H2,(H,13,14). The van der Waals surface area contributed by atoms with Gasteiger partial charge in [0.1, 0.15) is 0 Å². The predicted molar refractivity (Wildman–Crippen MR) is 57.5 cm³/mol. The fourth-order valence-corrected chi connectivity index (χ4v) is 2.04. The summed E-state index contributed by atoms with van der Waals surface area (Å²) >= 11 is 6.18. The van der Waals surface area contributed by atoms with Crippen LogP contribution in [-0.4, -0.2) is 10.2 Å². The summed E-state index contributed by atoms with van der Waals surface area (Å²) in [7, 11) is 0. The number of aromatic nitrogens is 2. The van der Waals surface area contributed by atoms with Gasteiger partial charge in [-0.2, -0.15) is 5.10 Å². The molecule has 3 heteroatoms. The minimum absolute atomic E-state index is 0.869. The van der Waals surface area contributed by atoms with E-state index < -0.39 is 0 Å². The van der Waals surface area contributed by atoms with Crippen LogP contribution in [0.5, 0.6) is 0 Å². The predicted octanol–water partition coefficient (Wildman–Crippen LogP) is 3.17. The molecule has 1 aliphatic carbocycles. The normalized spacial score (nSPS) is 16.4. The molecule has 0 bridgehead atoms. The van der Waals surface area contributed by atoms with Crippen molar-refractivity contribution in [2.75, 3.05) is 0 Å². The maximum atomic E-state index is 6.18. The van der Waals surface area contributed by atoms with Crippen molar-refractivity contribution in [3.8, 4) is 0 Å². The van der Waals surface area contributed by atoms with Gasteiger partial charge in [0, 0.05) is 10.4 Å². The van der Waals surface area contributed by atoms with Gasteiger partial charge in [0.25, 0.3) is 0 Å². The Morgan fingerprint density at radius 1 is 1.43 bits per heavy atom. The van der Waals surface area contributed by atoms with Gasteiger partial charge in [-0.1, -0.05) is 11.6 Å². The number of fused-ring (bicyclic) bond motifs is 1. The van der Waals surface area contributed by atoms with Gasteiger partial charge in [0.15, 0.2) is 0 Å². The number of nitrogens with one attached hydrogen (secondary N) is 1. The van der Waals surface area contributed by atoms with Gasteiger partial charge < -0.3 is 0 Å². The summed E-state index contributed by atoms with van der Waals surface area (Å²) in [5, 5.41) is 8.94. The number of hydrogen-bond acceptors (Lipinski definition) is 1. The molecule has 0 atom stereocenters. The minimum Gasteiger partial charge on any atom is -0.278 e. The van der Waals surface area contributed by atoms with Gasteiger partial charge in [-0.05, 0) is 42.9 Å². The summed E-state index contributed by atoms with van der Waals surface area (Å²) in [6.45, 7) is 0. The third kappa shape index (κ3) is 1.40. The molecular formula is C11H11ClN2. The first-order valence-corrected chi connectivity index (χ1v) is 5.32. The summed E-state index contributed by atoms with van der Waals surface area (Å²) in [6, 6.07) is 4.13. The Morgan fingerprint density at radius 3 is 3.07 bits per heavy atom. The maximum absolute atomic E-state index is 6.18. The minimum atomic E-state index is 0.869. The van der Waals surface area contributed by atoms with Crippen molar-refractivity contribution in [1.29, 1.82) is 0 Å². The van der Waals surface area contributed by atoms with E-state index in [0.29, 0.717) is 0 Å². The number of H-pyrrole nitrogens is 1. The molecule has 0 saturated heterocycles. The number of halogens is 1. The van der Waals surface area contributed by atoms with E-state index in [0.717, 1.165) is 28.3 Å². The number of aromatic amines is 1. The van der Waals surface area contributed by atoms with Crippen molar-refractivity contribution in [3.63, 3.8) is 0 Å². The Morgan fingerprint density at radius 2 is 2.29 bits per heavy atom. The van der Waals surface area contributed by atoms with Crippen LogP contribution < -0.4 is 0 Å². The van der Waals surface area contributed by atoms with E-state index >= 15 is 0 Å². The summed E-state index contributed by atoms with van der Waals surface area (Å²) < 4.78 is 0. The lowest BCUT2D eigenvalue weighted by molar-refractivity contribution is 0.834. The second kappa shape index (κ2) is 2.99. The van der Waals surface area contributed by atoms with Gasteiger partial charge in [-0.3, -0.25) is 5.10 Å². The summed E-state index contributed by atoms with van der Waals surface area (Å²) in [5.74, 6) is 0.872. The maximum Gasteiger partial charge on any atom is 0.0665 e. The van der Waals surface area contributed by atoms with E-state index in [1.54, 1.807) is 0 Å². The van der Waals surface area contributed by atoms with Crippen LogP contribution in [0.25, 0.3) is 10.9 Å². The van der Waals surface area contributed by atoms with E-state index in [9.17, 15) is 0 Å². The molecule has 14 heavy (non-hydrogen) atoms. The molecular weight excluding hydrogens is 196 g/mol. The SMILES string of the molecule is Clc1cc2[nH]ncc2cc1CC1CC1. The molecule has 2 aromatic rings. The largest absolute Gasteiger partial charge is 0.278 e. The fourth-order valence-electron chi connectivity index (χ4n) is 1.80. The van der Waals surface area contributed by atoms with Gasteiger partial charge >= 0.3 is 0 Å². The lowest BCUT2D eigenvalue weighted by atomic mass is 10.1. The summed E-state index contributed by atoms with van der Waals surface area (Å²) in [5.41, 5.74) is 2.29. The lowest BCUT2D eigenvalue weighted by Crippen LogP contribution is -1.88. The van der Waals surface area contributed by atoms with E-state index in [4.69, 9.17) is 11.6 Å². The Hall–Kier alpha value is -1.02. The van der Waals surface area contributed by atoms with Gasteiger partial charge in [0.05, 0.1) is 11.7 Å². The first kappa shape index (κ1) is 8.30. The van der Waals surface area contributed by atoms with Crippen molar-refractivity contribution < 1.29 is 0 Å². The molecule has 0 radical (unpaired) electrons. The second-order valence-electron chi connectivity index (χ2n) is 4.05. The molecule has 0 unspecified atom stereocenters. The molecule has 1 fully saturated rings. The van der Waals surface area contributed by atoms with Crippen LogP contribution >= 0.6 is 11.6 Å². The Balaban J connectivity index is 2.07. The Kier molecular flexibility index (Phi) is 1.77. The highest BCUT2D eigenvalue weighted by atomic mass is 35.5. The van der Waals surface area contributed by atoms with Crippen LogP contribution in [0, 0.1) is 5.92 Å². The van der Waals surface area contributed by atoms with Crippen molar-refractivity contribution in [3.05, 3.63) is 28.9 Å². The van der Waals surface area contributed by atoms with Crippen LogP contribution in [0.1, 0.15) is 18.4 Å². The van der Waals surface area contributed by atoms with Crippen LogP contribution in [-0.2, 0) is 6.42 Å². The average Bonchev–Trinajstić information content (AvgIpc) is 2.85. The molecule has 1 saturated carbocycles. The van der Waals surface area contributed by atoms with Crippen molar-refractivity contribution in [2.24, 2.45) is 5.92 Å². The number of rotatable bonds is 2. The zero-order chi connectivity index (χ0) is 9.54. The Bertz CT molecular complexity index is 471. The molecule has 1 heterocycles. The molecule has 1 aromatic carbocycles. The van der Waals surface area contributed by atoms with Crippen LogP contribution in [0.3, 0.4) is 0 Å². The fraction of sp³-hybridized carbons (Fsp3) is 0.364. The molecule has 0 spiro atoms. The first-order chi connectivity index (χ1) is 6.83. The number of hydrogen-bond donors (Lipinski definition) is 1. The smallest absolute Gasteiger partial charge is 0.0665 e. The van der Waals surface area contributed by atoms with Crippen LogP contribution in [0.2, 0.25) is 5.02 Å². The van der Waals surface area contributed by atoms with E-state index in [1.807, 2.05) is 12.3 Å². The zero-order valence-electron chi connectivity index (χ0n) is 7.76. The quantitative estimate of drug-likeness (QED) is 0.804. The van der Waals surface area contributed by atoms with Gasteiger partial charge in [0.2, 0.25) is 0 Å². The van der Waals surface area contributed by atoms with Crippen LogP contribution in [0.15, 0.2) is 18.3 Å². The lowest BCUT2D eigenvalue weighted by Gasteiger charge is -2.02. The number of nitrogens with zero attached hydrogens (tertiary/aromatic N) is 1. The molecule has 0 aliphatic heterocycles. The molecule has 2 nitrogen and oxygen atoms in total. The molecule has 3 rings (SSSR count). The van der Waals surface area contributed by atoms with E-state index in [2.05, 4.69) is 16.3 Å².